The first-order chi connectivity index (χ1) is 12.7. The van der Waals surface area contributed by atoms with Gasteiger partial charge in [-0.1, -0.05) is 30.3 Å². The van der Waals surface area contributed by atoms with E-state index in [2.05, 4.69) is 25.4 Å². The average molecular weight is 346 g/mol. The van der Waals surface area contributed by atoms with Crippen LogP contribution in [0.25, 0.3) is 22.3 Å². The smallest absolute Gasteiger partial charge is 0.244 e. The van der Waals surface area contributed by atoms with Gasteiger partial charge >= 0.3 is 0 Å². The van der Waals surface area contributed by atoms with Crippen molar-refractivity contribution >= 4 is 16.9 Å². The summed E-state index contributed by atoms with van der Waals surface area (Å²) in [7, 11) is 0. The summed E-state index contributed by atoms with van der Waals surface area (Å²) < 4.78 is 1.65. The maximum atomic E-state index is 12.4. The maximum absolute atomic E-state index is 12.4. The number of nitrogens with zero attached hydrogens (tertiary/aromatic N) is 4. The van der Waals surface area contributed by atoms with Gasteiger partial charge in [0.1, 0.15) is 18.0 Å². The molecule has 130 valence electrons. The Morgan fingerprint density at radius 3 is 2.92 bits per heavy atom. The Labute approximate surface area is 150 Å². The van der Waals surface area contributed by atoms with Crippen LogP contribution in [-0.2, 0) is 11.3 Å². The molecule has 1 atom stereocenters. The van der Waals surface area contributed by atoms with Crippen LogP contribution in [0.1, 0.15) is 18.5 Å². The fourth-order valence-corrected chi connectivity index (χ4v) is 2.83. The van der Waals surface area contributed by atoms with E-state index in [4.69, 9.17) is 0 Å². The molecule has 0 saturated heterocycles. The molecule has 1 amide bonds. The summed E-state index contributed by atoms with van der Waals surface area (Å²) >= 11 is 0. The third-order valence-electron chi connectivity index (χ3n) is 4.31. The van der Waals surface area contributed by atoms with Crippen LogP contribution in [0, 0.1) is 0 Å². The zero-order chi connectivity index (χ0) is 17.9. The van der Waals surface area contributed by atoms with Crippen LogP contribution in [-0.4, -0.2) is 30.6 Å². The van der Waals surface area contributed by atoms with Crippen LogP contribution in [0.5, 0.6) is 0 Å². The first kappa shape index (κ1) is 16.0. The molecule has 2 N–H and O–H groups in total. The molecule has 0 saturated carbocycles. The number of rotatable bonds is 5. The lowest BCUT2D eigenvalue weighted by atomic mass is 10.2. The van der Waals surface area contributed by atoms with E-state index in [1.807, 2.05) is 55.7 Å². The van der Waals surface area contributed by atoms with Crippen molar-refractivity contribution in [3.63, 3.8) is 0 Å². The number of fused-ring (bicyclic) bond motifs is 1. The van der Waals surface area contributed by atoms with Crippen LogP contribution in [0.2, 0.25) is 0 Å². The Morgan fingerprint density at radius 2 is 2.08 bits per heavy atom. The second-order valence-corrected chi connectivity index (χ2v) is 6.05. The number of H-pyrrole nitrogens is 1. The van der Waals surface area contributed by atoms with Crippen LogP contribution >= 0.6 is 0 Å². The quantitative estimate of drug-likeness (QED) is 0.581. The molecule has 0 aliphatic heterocycles. The van der Waals surface area contributed by atoms with E-state index >= 15 is 0 Å². The minimum atomic E-state index is -0.420. The molecule has 4 aromatic rings. The van der Waals surface area contributed by atoms with Gasteiger partial charge in [-0.25, -0.2) is 9.97 Å². The molecule has 0 radical (unpaired) electrons. The summed E-state index contributed by atoms with van der Waals surface area (Å²) in [5.41, 5.74) is 3.47. The Morgan fingerprint density at radius 1 is 1.23 bits per heavy atom. The highest BCUT2D eigenvalue weighted by Gasteiger charge is 2.17. The van der Waals surface area contributed by atoms with Crippen molar-refractivity contribution in [2.24, 2.45) is 0 Å². The normalized spacial score (nSPS) is 12.2. The number of hydrogen-bond acceptors (Lipinski definition) is 4. The van der Waals surface area contributed by atoms with Crippen molar-refractivity contribution in [3.8, 4) is 11.3 Å². The number of hydrogen-bond donors (Lipinski definition) is 2. The first-order valence-electron chi connectivity index (χ1n) is 8.36. The predicted molar refractivity (Wildman–Crippen MR) is 98.1 cm³/mol. The Bertz CT molecular complexity index is 1040. The van der Waals surface area contributed by atoms with E-state index in [0.717, 1.165) is 27.9 Å². The highest BCUT2D eigenvalue weighted by Crippen LogP contribution is 2.24. The monoisotopic (exact) mass is 346 g/mol. The molecular weight excluding hydrogens is 328 g/mol. The third kappa shape index (κ3) is 3.06. The van der Waals surface area contributed by atoms with E-state index in [9.17, 15) is 4.79 Å². The van der Waals surface area contributed by atoms with Gasteiger partial charge in [-0.3, -0.25) is 9.48 Å². The molecule has 7 heteroatoms. The summed E-state index contributed by atoms with van der Waals surface area (Å²) in [6.45, 7) is 2.32. The van der Waals surface area contributed by atoms with E-state index in [1.165, 1.54) is 6.33 Å². The molecule has 3 heterocycles. The number of aromatic nitrogens is 5. The fraction of sp³-hybridized carbons (Fsp3) is 0.158. The number of amides is 1. The second-order valence-electron chi connectivity index (χ2n) is 6.05. The molecule has 26 heavy (non-hydrogen) atoms. The minimum absolute atomic E-state index is 0.0852. The standard InChI is InChI=1S/C19H18N6O/c1-13(19(26)21-9-14-5-3-2-4-6-14)25-11-15(10-24-25)17-16-7-8-20-18(16)23-12-22-17/h2-8,10-13H,9H2,1H3,(H,21,26)(H,20,22,23). The SMILES string of the molecule is CC(C(=O)NCc1ccccc1)n1cc(-c2ncnc3[nH]ccc23)cn1. The summed E-state index contributed by atoms with van der Waals surface area (Å²) in [5, 5.41) is 8.21. The van der Waals surface area contributed by atoms with Gasteiger partial charge < -0.3 is 10.3 Å². The number of carbonyl (C=O) groups is 1. The van der Waals surface area contributed by atoms with E-state index in [-0.39, 0.29) is 5.91 Å². The molecule has 7 nitrogen and oxygen atoms in total. The molecule has 0 spiro atoms. The van der Waals surface area contributed by atoms with Gasteiger partial charge in [0, 0.05) is 29.9 Å². The van der Waals surface area contributed by atoms with Gasteiger partial charge in [0.15, 0.2) is 0 Å². The highest BCUT2D eigenvalue weighted by molar-refractivity contribution is 5.90. The fourth-order valence-electron chi connectivity index (χ4n) is 2.83. The van der Waals surface area contributed by atoms with Crippen LogP contribution < -0.4 is 5.32 Å². The van der Waals surface area contributed by atoms with Crippen molar-refractivity contribution < 1.29 is 4.79 Å². The van der Waals surface area contributed by atoms with E-state index in [1.54, 1.807) is 10.9 Å². The molecule has 3 aromatic heterocycles. The van der Waals surface area contributed by atoms with Gasteiger partial charge in [-0.05, 0) is 18.6 Å². The van der Waals surface area contributed by atoms with Crippen LogP contribution in [0.4, 0.5) is 0 Å². The molecular formula is C19H18N6O. The van der Waals surface area contributed by atoms with Gasteiger partial charge in [0.2, 0.25) is 5.91 Å². The number of benzene rings is 1. The van der Waals surface area contributed by atoms with Gasteiger partial charge in [0.25, 0.3) is 0 Å². The molecule has 1 unspecified atom stereocenters. The average Bonchev–Trinajstić information content (AvgIpc) is 3.35. The summed E-state index contributed by atoms with van der Waals surface area (Å²) in [4.78, 5) is 24.0. The Hall–Kier alpha value is -3.48. The van der Waals surface area contributed by atoms with Crippen LogP contribution in [0.3, 0.4) is 0 Å². The molecule has 0 aliphatic carbocycles. The van der Waals surface area contributed by atoms with Gasteiger partial charge in [0.05, 0.1) is 11.9 Å². The minimum Gasteiger partial charge on any atom is -0.350 e. The molecule has 1 aromatic carbocycles. The first-order valence-corrected chi connectivity index (χ1v) is 8.36. The lowest BCUT2D eigenvalue weighted by molar-refractivity contribution is -0.124. The second kappa shape index (κ2) is 6.79. The third-order valence-corrected chi connectivity index (χ3v) is 4.31. The molecule has 0 fully saturated rings. The van der Waals surface area contributed by atoms with Gasteiger partial charge in [-0.15, -0.1) is 0 Å². The number of aromatic amines is 1. The van der Waals surface area contributed by atoms with Gasteiger partial charge in [-0.2, -0.15) is 5.10 Å². The van der Waals surface area contributed by atoms with Crippen LogP contribution in [0.15, 0.2) is 61.3 Å². The topological polar surface area (TPSA) is 88.5 Å². The zero-order valence-electron chi connectivity index (χ0n) is 14.3. The number of nitrogens with one attached hydrogen (secondary N) is 2. The molecule has 0 bridgehead atoms. The summed E-state index contributed by atoms with van der Waals surface area (Å²) in [6, 6.07) is 11.3. The maximum Gasteiger partial charge on any atom is 0.244 e. The van der Waals surface area contributed by atoms with Crippen molar-refractivity contribution in [3.05, 3.63) is 66.9 Å². The van der Waals surface area contributed by atoms with Crippen molar-refractivity contribution in [2.45, 2.75) is 19.5 Å². The van der Waals surface area contributed by atoms with E-state index in [0.29, 0.717) is 6.54 Å². The predicted octanol–water partition coefficient (Wildman–Crippen LogP) is 2.70. The van der Waals surface area contributed by atoms with Crippen molar-refractivity contribution in [1.82, 2.24) is 30.0 Å². The largest absolute Gasteiger partial charge is 0.350 e. The molecule has 0 aliphatic rings. The molecule has 4 rings (SSSR count). The van der Waals surface area contributed by atoms with E-state index < -0.39 is 6.04 Å². The summed E-state index contributed by atoms with van der Waals surface area (Å²) in [5.74, 6) is -0.0852. The Kier molecular flexibility index (Phi) is 4.18. The van der Waals surface area contributed by atoms with Crippen molar-refractivity contribution in [1.29, 1.82) is 0 Å². The Balaban J connectivity index is 1.50. The zero-order valence-corrected chi connectivity index (χ0v) is 14.3. The highest BCUT2D eigenvalue weighted by atomic mass is 16.2. The number of carbonyl (C=O) groups excluding carboxylic acids is 1. The lowest BCUT2D eigenvalue weighted by Crippen LogP contribution is -2.30. The summed E-state index contributed by atoms with van der Waals surface area (Å²) in [6.07, 6.45) is 6.89. The van der Waals surface area contributed by atoms with Crippen molar-refractivity contribution in [2.75, 3.05) is 0 Å². The lowest BCUT2D eigenvalue weighted by Gasteiger charge is -2.12.